The number of benzene rings is 1. The lowest BCUT2D eigenvalue weighted by atomic mass is 10.2. The maximum atomic E-state index is 12.3. The lowest BCUT2D eigenvalue weighted by molar-refractivity contribution is 0.102. The summed E-state index contributed by atoms with van der Waals surface area (Å²) >= 11 is 1.69. The molecule has 4 aromatic rings. The van der Waals surface area contributed by atoms with Crippen LogP contribution >= 0.6 is 11.3 Å². The highest BCUT2D eigenvalue weighted by Crippen LogP contribution is 2.25. The van der Waals surface area contributed by atoms with Crippen LogP contribution in [0.2, 0.25) is 0 Å². The third-order valence-corrected chi connectivity index (χ3v) is 4.44. The van der Waals surface area contributed by atoms with Crippen molar-refractivity contribution in [2.45, 2.75) is 0 Å². The summed E-state index contributed by atoms with van der Waals surface area (Å²) in [5.74, 6) is -0.211. The summed E-state index contributed by atoms with van der Waals surface area (Å²) in [6, 6.07) is 17.4. The van der Waals surface area contributed by atoms with E-state index in [4.69, 9.17) is 0 Å². The third-order valence-electron chi connectivity index (χ3n) is 3.52. The normalized spacial score (nSPS) is 10.8. The van der Waals surface area contributed by atoms with Crippen LogP contribution in [0.25, 0.3) is 16.1 Å². The number of aromatic nitrogens is 2. The van der Waals surface area contributed by atoms with Crippen LogP contribution in [0.3, 0.4) is 0 Å². The molecule has 0 saturated heterocycles. The average molecular weight is 319 g/mol. The Labute approximate surface area is 137 Å². The van der Waals surface area contributed by atoms with Crippen LogP contribution in [0, 0.1) is 0 Å². The standard InChI is InChI=1S/C18H13N3OS/c22-18(19-14-5-2-1-3-6-14)15-12-21-11-13(8-9-17(21)20-15)16-7-4-10-23-16/h1-12H,(H,19,22). The maximum absolute atomic E-state index is 12.3. The van der Waals surface area contributed by atoms with Gasteiger partial charge >= 0.3 is 0 Å². The van der Waals surface area contributed by atoms with Gasteiger partial charge in [0.1, 0.15) is 11.3 Å². The van der Waals surface area contributed by atoms with Crippen LogP contribution in [-0.4, -0.2) is 15.3 Å². The molecule has 0 unspecified atom stereocenters. The van der Waals surface area contributed by atoms with Crippen molar-refractivity contribution in [3.05, 3.63) is 78.1 Å². The van der Waals surface area contributed by atoms with Crippen molar-refractivity contribution < 1.29 is 4.79 Å². The summed E-state index contributed by atoms with van der Waals surface area (Å²) in [5.41, 5.74) is 3.02. The van der Waals surface area contributed by atoms with Gasteiger partial charge in [0.2, 0.25) is 0 Å². The minimum absolute atomic E-state index is 0.211. The van der Waals surface area contributed by atoms with Gasteiger partial charge in [-0.2, -0.15) is 0 Å². The highest BCUT2D eigenvalue weighted by molar-refractivity contribution is 7.13. The molecule has 112 valence electrons. The second-order valence-electron chi connectivity index (χ2n) is 5.11. The Hall–Kier alpha value is -2.92. The number of fused-ring (bicyclic) bond motifs is 1. The van der Waals surface area contributed by atoms with E-state index in [1.807, 2.05) is 64.5 Å². The van der Waals surface area contributed by atoms with Gasteiger partial charge in [0, 0.05) is 28.5 Å². The van der Waals surface area contributed by atoms with Gasteiger partial charge in [0.25, 0.3) is 5.91 Å². The van der Waals surface area contributed by atoms with Crippen LogP contribution in [0.15, 0.2) is 72.4 Å². The van der Waals surface area contributed by atoms with Crippen LogP contribution in [-0.2, 0) is 0 Å². The van der Waals surface area contributed by atoms with E-state index in [0.29, 0.717) is 5.69 Å². The zero-order chi connectivity index (χ0) is 15.6. The number of carbonyl (C=O) groups excluding carboxylic acids is 1. The quantitative estimate of drug-likeness (QED) is 0.611. The van der Waals surface area contributed by atoms with Crippen molar-refractivity contribution in [3.8, 4) is 10.4 Å². The number of hydrogen-bond donors (Lipinski definition) is 1. The lowest BCUT2D eigenvalue weighted by Gasteiger charge is -2.01. The van der Waals surface area contributed by atoms with E-state index in [9.17, 15) is 4.79 Å². The van der Waals surface area contributed by atoms with E-state index < -0.39 is 0 Å². The van der Waals surface area contributed by atoms with Gasteiger partial charge < -0.3 is 9.72 Å². The number of para-hydroxylation sites is 1. The Balaban J connectivity index is 1.65. The molecule has 0 aliphatic rings. The smallest absolute Gasteiger partial charge is 0.275 e. The molecule has 4 rings (SSSR count). The molecule has 3 heterocycles. The summed E-state index contributed by atoms with van der Waals surface area (Å²) in [6.45, 7) is 0. The number of hydrogen-bond acceptors (Lipinski definition) is 3. The highest BCUT2D eigenvalue weighted by atomic mass is 32.1. The van der Waals surface area contributed by atoms with E-state index in [0.717, 1.165) is 16.9 Å². The predicted molar refractivity (Wildman–Crippen MR) is 92.9 cm³/mol. The van der Waals surface area contributed by atoms with Crippen molar-refractivity contribution in [1.29, 1.82) is 0 Å². The second kappa shape index (κ2) is 5.70. The first kappa shape index (κ1) is 13.7. The van der Waals surface area contributed by atoms with Crippen LogP contribution in [0.1, 0.15) is 10.5 Å². The molecule has 4 nitrogen and oxygen atoms in total. The van der Waals surface area contributed by atoms with Gasteiger partial charge in [0.15, 0.2) is 0 Å². The highest BCUT2D eigenvalue weighted by Gasteiger charge is 2.11. The topological polar surface area (TPSA) is 46.4 Å². The zero-order valence-electron chi connectivity index (χ0n) is 12.1. The number of nitrogens with one attached hydrogen (secondary N) is 1. The fourth-order valence-electron chi connectivity index (χ4n) is 2.41. The van der Waals surface area contributed by atoms with E-state index in [-0.39, 0.29) is 5.91 Å². The van der Waals surface area contributed by atoms with Crippen molar-refractivity contribution in [2.24, 2.45) is 0 Å². The van der Waals surface area contributed by atoms with Crippen LogP contribution < -0.4 is 5.32 Å². The number of amides is 1. The number of imidazole rings is 1. The molecular weight excluding hydrogens is 306 g/mol. The van der Waals surface area contributed by atoms with E-state index >= 15 is 0 Å². The van der Waals surface area contributed by atoms with E-state index in [1.54, 1.807) is 17.5 Å². The SMILES string of the molecule is O=C(Nc1ccccc1)c1cn2cc(-c3cccs3)ccc2n1. The molecule has 23 heavy (non-hydrogen) atoms. The number of thiophene rings is 1. The Bertz CT molecular complexity index is 959. The molecule has 1 amide bonds. The molecule has 0 radical (unpaired) electrons. The summed E-state index contributed by atoms with van der Waals surface area (Å²) in [7, 11) is 0. The largest absolute Gasteiger partial charge is 0.321 e. The van der Waals surface area contributed by atoms with Crippen molar-refractivity contribution in [2.75, 3.05) is 5.32 Å². The number of nitrogens with zero attached hydrogens (tertiary/aromatic N) is 2. The molecule has 0 fully saturated rings. The van der Waals surface area contributed by atoms with Gasteiger partial charge in [-0.25, -0.2) is 4.98 Å². The van der Waals surface area contributed by atoms with E-state index in [2.05, 4.69) is 16.4 Å². The minimum Gasteiger partial charge on any atom is -0.321 e. The molecule has 3 aromatic heterocycles. The number of pyridine rings is 1. The third kappa shape index (κ3) is 2.74. The molecule has 0 aliphatic heterocycles. The monoisotopic (exact) mass is 319 g/mol. The Kier molecular flexibility index (Phi) is 3.40. The number of rotatable bonds is 3. The molecule has 0 atom stereocenters. The zero-order valence-corrected chi connectivity index (χ0v) is 13.0. The van der Waals surface area contributed by atoms with Crippen LogP contribution in [0.4, 0.5) is 5.69 Å². The summed E-state index contributed by atoms with van der Waals surface area (Å²) in [5, 5.41) is 4.90. The summed E-state index contributed by atoms with van der Waals surface area (Å²) < 4.78 is 1.88. The maximum Gasteiger partial charge on any atom is 0.275 e. The Morgan fingerprint density at radius 2 is 1.87 bits per heavy atom. The Morgan fingerprint density at radius 3 is 2.65 bits per heavy atom. The first-order valence-corrected chi connectivity index (χ1v) is 8.06. The van der Waals surface area contributed by atoms with E-state index in [1.165, 1.54) is 4.88 Å². The molecule has 0 aliphatic carbocycles. The van der Waals surface area contributed by atoms with Gasteiger partial charge in [-0.15, -0.1) is 11.3 Å². The van der Waals surface area contributed by atoms with Gasteiger partial charge in [-0.1, -0.05) is 24.3 Å². The fraction of sp³-hybridized carbons (Fsp3) is 0. The summed E-state index contributed by atoms with van der Waals surface area (Å²) in [4.78, 5) is 17.9. The Morgan fingerprint density at radius 1 is 1.00 bits per heavy atom. The van der Waals surface area contributed by atoms with Crippen molar-refractivity contribution in [1.82, 2.24) is 9.38 Å². The van der Waals surface area contributed by atoms with Crippen LogP contribution in [0.5, 0.6) is 0 Å². The molecule has 0 saturated carbocycles. The summed E-state index contributed by atoms with van der Waals surface area (Å²) in [6.07, 6.45) is 3.75. The molecule has 5 heteroatoms. The first-order valence-electron chi connectivity index (χ1n) is 7.19. The predicted octanol–water partition coefficient (Wildman–Crippen LogP) is 4.32. The molecule has 1 aromatic carbocycles. The van der Waals surface area contributed by atoms with Crippen molar-refractivity contribution in [3.63, 3.8) is 0 Å². The van der Waals surface area contributed by atoms with Gasteiger partial charge in [0.05, 0.1) is 0 Å². The van der Waals surface area contributed by atoms with Gasteiger partial charge in [-0.05, 0) is 35.7 Å². The second-order valence-corrected chi connectivity index (χ2v) is 6.05. The molecule has 1 N–H and O–H groups in total. The number of carbonyl (C=O) groups is 1. The molecule has 0 bridgehead atoms. The minimum atomic E-state index is -0.211. The first-order chi connectivity index (χ1) is 11.3. The number of anilines is 1. The molecule has 0 spiro atoms. The van der Waals surface area contributed by atoms with Crippen molar-refractivity contribution >= 4 is 28.6 Å². The lowest BCUT2D eigenvalue weighted by Crippen LogP contribution is -2.11. The van der Waals surface area contributed by atoms with Gasteiger partial charge in [-0.3, -0.25) is 4.79 Å². The molecular formula is C18H13N3OS. The fourth-order valence-corrected chi connectivity index (χ4v) is 3.12. The average Bonchev–Trinajstić information content (AvgIpc) is 3.24.